The highest BCUT2D eigenvalue weighted by Crippen LogP contribution is 2.15. The molecule has 0 aliphatic carbocycles. The molecule has 0 spiro atoms. The van der Waals surface area contributed by atoms with Crippen molar-refractivity contribution in [1.82, 2.24) is 10.3 Å². The molecular formula is C21H23N3O2. The fraction of sp³-hybridized carbons (Fsp3) is 0.286. The highest BCUT2D eigenvalue weighted by molar-refractivity contribution is 6.01. The van der Waals surface area contributed by atoms with Crippen LogP contribution in [0.4, 0.5) is 0 Å². The standard InChI is InChI=1S/C21H23N3O2/c1-2-3-4-12-26-20-9-7-17(8-10-20)13-19(14-22)21(25)24-16-18-6-5-11-23-15-18/h5-11,13,15H,2-4,12,16H2,1H3,(H,24,25)/b19-13+. The van der Waals surface area contributed by atoms with Crippen molar-refractivity contribution < 1.29 is 9.53 Å². The lowest BCUT2D eigenvalue weighted by atomic mass is 10.1. The fourth-order valence-electron chi connectivity index (χ4n) is 2.30. The van der Waals surface area contributed by atoms with Gasteiger partial charge in [-0.05, 0) is 41.8 Å². The number of pyridine rings is 1. The maximum atomic E-state index is 12.2. The molecule has 0 atom stereocenters. The van der Waals surface area contributed by atoms with Gasteiger partial charge in [0.05, 0.1) is 6.61 Å². The van der Waals surface area contributed by atoms with Gasteiger partial charge in [-0.25, -0.2) is 0 Å². The Balaban J connectivity index is 1.92. The summed E-state index contributed by atoms with van der Waals surface area (Å²) in [6, 6.07) is 13.0. The molecule has 0 saturated heterocycles. The Morgan fingerprint density at radius 2 is 2.08 bits per heavy atom. The number of hydrogen-bond acceptors (Lipinski definition) is 4. The minimum atomic E-state index is -0.406. The number of benzene rings is 1. The number of aromatic nitrogens is 1. The Bertz CT molecular complexity index is 762. The Labute approximate surface area is 154 Å². The average molecular weight is 349 g/mol. The summed E-state index contributed by atoms with van der Waals surface area (Å²) in [5, 5.41) is 12.0. The Hall–Kier alpha value is -3.13. The first-order chi connectivity index (χ1) is 12.7. The molecule has 5 heteroatoms. The van der Waals surface area contributed by atoms with Crippen molar-refractivity contribution in [3.05, 3.63) is 65.5 Å². The molecule has 0 aliphatic rings. The summed E-state index contributed by atoms with van der Waals surface area (Å²) in [6.45, 7) is 3.18. The molecule has 0 unspecified atom stereocenters. The highest BCUT2D eigenvalue weighted by atomic mass is 16.5. The van der Waals surface area contributed by atoms with Crippen molar-refractivity contribution in [2.24, 2.45) is 0 Å². The number of amides is 1. The Morgan fingerprint density at radius 3 is 2.73 bits per heavy atom. The van der Waals surface area contributed by atoms with Crippen LogP contribution in [-0.2, 0) is 11.3 Å². The molecular weight excluding hydrogens is 326 g/mol. The van der Waals surface area contributed by atoms with Crippen molar-refractivity contribution in [2.45, 2.75) is 32.7 Å². The molecule has 26 heavy (non-hydrogen) atoms. The van der Waals surface area contributed by atoms with Crippen LogP contribution in [0, 0.1) is 11.3 Å². The zero-order valence-electron chi connectivity index (χ0n) is 14.9. The number of rotatable bonds is 9. The molecule has 0 radical (unpaired) electrons. The third-order valence-electron chi connectivity index (χ3n) is 3.75. The van der Waals surface area contributed by atoms with E-state index in [1.165, 1.54) is 0 Å². The van der Waals surface area contributed by atoms with E-state index in [0.717, 1.165) is 36.1 Å². The second-order valence-corrected chi connectivity index (χ2v) is 5.84. The van der Waals surface area contributed by atoms with Gasteiger partial charge < -0.3 is 10.1 Å². The van der Waals surface area contributed by atoms with E-state index in [1.807, 2.05) is 36.4 Å². The van der Waals surface area contributed by atoms with Crippen molar-refractivity contribution in [1.29, 1.82) is 5.26 Å². The maximum Gasteiger partial charge on any atom is 0.262 e. The second-order valence-electron chi connectivity index (χ2n) is 5.84. The lowest BCUT2D eigenvalue weighted by Crippen LogP contribution is -2.23. The molecule has 0 aliphatic heterocycles. The first kappa shape index (κ1) is 19.2. The number of nitriles is 1. The molecule has 1 heterocycles. The van der Waals surface area contributed by atoms with Crippen LogP contribution in [0.5, 0.6) is 5.75 Å². The zero-order valence-corrected chi connectivity index (χ0v) is 14.9. The van der Waals surface area contributed by atoms with Crippen LogP contribution in [0.3, 0.4) is 0 Å². The van der Waals surface area contributed by atoms with Gasteiger partial charge in [0.25, 0.3) is 5.91 Å². The monoisotopic (exact) mass is 349 g/mol. The smallest absolute Gasteiger partial charge is 0.262 e. The molecule has 0 bridgehead atoms. The van der Waals surface area contributed by atoms with Crippen LogP contribution in [0.1, 0.15) is 37.3 Å². The molecule has 0 saturated carbocycles. The van der Waals surface area contributed by atoms with E-state index in [1.54, 1.807) is 24.5 Å². The Kier molecular flexibility index (Phi) is 7.88. The second kappa shape index (κ2) is 10.7. The number of carbonyl (C=O) groups excluding carboxylic acids is 1. The summed E-state index contributed by atoms with van der Waals surface area (Å²) >= 11 is 0. The molecule has 1 N–H and O–H groups in total. The SMILES string of the molecule is CCCCCOc1ccc(/C=C(\C#N)C(=O)NCc2cccnc2)cc1. The van der Waals surface area contributed by atoms with Crippen LogP contribution in [0.15, 0.2) is 54.4 Å². The number of ether oxygens (including phenoxy) is 1. The van der Waals surface area contributed by atoms with Gasteiger partial charge >= 0.3 is 0 Å². The molecule has 134 valence electrons. The molecule has 5 nitrogen and oxygen atoms in total. The largest absolute Gasteiger partial charge is 0.494 e. The van der Waals surface area contributed by atoms with Gasteiger partial charge in [0, 0.05) is 18.9 Å². The maximum absolute atomic E-state index is 12.2. The summed E-state index contributed by atoms with van der Waals surface area (Å²) in [5.41, 5.74) is 1.72. The van der Waals surface area contributed by atoms with Gasteiger partial charge in [-0.1, -0.05) is 38.0 Å². The quantitative estimate of drug-likeness (QED) is 0.423. The van der Waals surface area contributed by atoms with Crippen molar-refractivity contribution in [3.63, 3.8) is 0 Å². The number of nitrogens with one attached hydrogen (secondary N) is 1. The minimum Gasteiger partial charge on any atom is -0.494 e. The molecule has 2 rings (SSSR count). The summed E-state index contributed by atoms with van der Waals surface area (Å²) in [5.74, 6) is 0.383. The van der Waals surface area contributed by atoms with Crippen molar-refractivity contribution in [3.8, 4) is 11.8 Å². The first-order valence-corrected chi connectivity index (χ1v) is 8.74. The summed E-state index contributed by atoms with van der Waals surface area (Å²) in [7, 11) is 0. The number of hydrogen-bond donors (Lipinski definition) is 1. The zero-order chi connectivity index (χ0) is 18.6. The number of unbranched alkanes of at least 4 members (excludes halogenated alkanes) is 2. The van der Waals surface area contributed by atoms with Crippen molar-refractivity contribution >= 4 is 12.0 Å². The van der Waals surface area contributed by atoms with Gasteiger partial charge in [-0.2, -0.15) is 5.26 Å². The molecule has 0 fully saturated rings. The highest BCUT2D eigenvalue weighted by Gasteiger charge is 2.08. The van der Waals surface area contributed by atoms with Gasteiger partial charge in [0.15, 0.2) is 0 Å². The van der Waals surface area contributed by atoms with Gasteiger partial charge in [-0.3, -0.25) is 9.78 Å². The molecule has 2 aromatic rings. The van der Waals surface area contributed by atoms with Crippen LogP contribution in [-0.4, -0.2) is 17.5 Å². The lowest BCUT2D eigenvalue weighted by Gasteiger charge is -2.06. The number of carbonyl (C=O) groups is 1. The van der Waals surface area contributed by atoms with Crippen LogP contribution in [0.2, 0.25) is 0 Å². The van der Waals surface area contributed by atoms with Crippen LogP contribution < -0.4 is 10.1 Å². The van der Waals surface area contributed by atoms with E-state index in [2.05, 4.69) is 17.2 Å². The third-order valence-corrected chi connectivity index (χ3v) is 3.75. The van der Waals surface area contributed by atoms with E-state index in [9.17, 15) is 10.1 Å². The predicted octanol–water partition coefficient (Wildman–Crippen LogP) is 3.87. The summed E-state index contributed by atoms with van der Waals surface area (Å²) in [6.07, 6.45) is 8.26. The van der Waals surface area contributed by atoms with Gasteiger partial charge in [0.1, 0.15) is 17.4 Å². The fourth-order valence-corrected chi connectivity index (χ4v) is 2.30. The Morgan fingerprint density at radius 1 is 1.27 bits per heavy atom. The van der Waals surface area contributed by atoms with E-state index < -0.39 is 5.91 Å². The molecule has 1 aromatic carbocycles. The predicted molar refractivity (Wildman–Crippen MR) is 101 cm³/mol. The minimum absolute atomic E-state index is 0.0607. The summed E-state index contributed by atoms with van der Waals surface area (Å²) in [4.78, 5) is 16.2. The summed E-state index contributed by atoms with van der Waals surface area (Å²) < 4.78 is 5.66. The van der Waals surface area contributed by atoms with E-state index in [-0.39, 0.29) is 5.57 Å². The van der Waals surface area contributed by atoms with Crippen LogP contribution >= 0.6 is 0 Å². The third kappa shape index (κ3) is 6.40. The average Bonchev–Trinajstić information content (AvgIpc) is 2.69. The molecule has 1 aromatic heterocycles. The van der Waals surface area contributed by atoms with Gasteiger partial charge in [0.2, 0.25) is 0 Å². The topological polar surface area (TPSA) is 75.0 Å². The van der Waals surface area contributed by atoms with Crippen LogP contribution in [0.25, 0.3) is 6.08 Å². The normalized spacial score (nSPS) is 10.8. The lowest BCUT2D eigenvalue weighted by molar-refractivity contribution is -0.117. The van der Waals surface area contributed by atoms with Crippen molar-refractivity contribution in [2.75, 3.05) is 6.61 Å². The molecule has 1 amide bonds. The van der Waals surface area contributed by atoms with E-state index >= 15 is 0 Å². The van der Waals surface area contributed by atoms with Gasteiger partial charge in [-0.15, -0.1) is 0 Å². The first-order valence-electron chi connectivity index (χ1n) is 8.74. The van der Waals surface area contributed by atoms with E-state index in [4.69, 9.17) is 4.74 Å². The number of nitrogens with zero attached hydrogens (tertiary/aromatic N) is 2. The van der Waals surface area contributed by atoms with E-state index in [0.29, 0.717) is 13.2 Å².